The van der Waals surface area contributed by atoms with Crippen LogP contribution in [0.25, 0.3) is 11.5 Å². The van der Waals surface area contributed by atoms with Crippen molar-refractivity contribution in [2.24, 2.45) is 0 Å². The second kappa shape index (κ2) is 8.19. The molecule has 7 nitrogen and oxygen atoms in total. The molecule has 0 N–H and O–H groups in total. The van der Waals surface area contributed by atoms with E-state index in [0.29, 0.717) is 22.5 Å². The molecular weight excluding hydrogens is 409 g/mol. The van der Waals surface area contributed by atoms with Gasteiger partial charge in [-0.15, -0.1) is 10.2 Å². The Morgan fingerprint density at radius 2 is 1.93 bits per heavy atom. The summed E-state index contributed by atoms with van der Waals surface area (Å²) in [5.41, 5.74) is 1.33. The van der Waals surface area contributed by atoms with Gasteiger partial charge >= 0.3 is 6.43 Å². The Morgan fingerprint density at radius 1 is 1.17 bits per heavy atom. The van der Waals surface area contributed by atoms with Crippen molar-refractivity contribution in [3.63, 3.8) is 0 Å². The van der Waals surface area contributed by atoms with E-state index < -0.39 is 28.2 Å². The second-order valence-corrected chi connectivity index (χ2v) is 8.31. The van der Waals surface area contributed by atoms with Crippen LogP contribution in [0.3, 0.4) is 0 Å². The van der Waals surface area contributed by atoms with Gasteiger partial charge in [-0.1, -0.05) is 0 Å². The third-order valence-electron chi connectivity index (χ3n) is 4.13. The van der Waals surface area contributed by atoms with Crippen LogP contribution in [-0.2, 0) is 16.6 Å². The molecule has 0 aliphatic heterocycles. The second-order valence-electron chi connectivity index (χ2n) is 6.13. The van der Waals surface area contributed by atoms with Crippen LogP contribution < -0.4 is 4.31 Å². The van der Waals surface area contributed by atoms with Crippen molar-refractivity contribution in [2.45, 2.75) is 26.8 Å². The lowest BCUT2D eigenvalue weighted by molar-refractivity contribution is 0.116. The number of sulfonamides is 1. The fourth-order valence-corrected chi connectivity index (χ4v) is 3.60. The van der Waals surface area contributed by atoms with Crippen LogP contribution in [0.15, 0.2) is 40.9 Å². The number of rotatable bonds is 7. The van der Waals surface area contributed by atoms with Gasteiger partial charge in [-0.05, 0) is 49.7 Å². The quantitative estimate of drug-likeness (QED) is 0.570. The van der Waals surface area contributed by atoms with E-state index in [1.54, 1.807) is 6.92 Å². The zero-order chi connectivity index (χ0) is 21.2. The van der Waals surface area contributed by atoms with Crippen LogP contribution in [0.1, 0.15) is 30.5 Å². The summed E-state index contributed by atoms with van der Waals surface area (Å²) in [5, 5.41) is 6.79. The van der Waals surface area contributed by atoms with Gasteiger partial charge in [0, 0.05) is 6.20 Å². The Labute approximate surface area is 165 Å². The highest BCUT2D eigenvalue weighted by Crippen LogP contribution is 2.25. The number of nitrogens with zero attached hydrogens (tertiary/aromatic N) is 4. The fraction of sp³-hybridized carbons (Fsp3) is 0.278. The summed E-state index contributed by atoms with van der Waals surface area (Å²) in [6.45, 7) is 2.96. The maximum Gasteiger partial charge on any atom is 0.314 e. The van der Waals surface area contributed by atoms with Crippen LogP contribution >= 0.6 is 0 Å². The van der Waals surface area contributed by atoms with E-state index in [4.69, 9.17) is 4.42 Å². The number of benzene rings is 1. The van der Waals surface area contributed by atoms with Gasteiger partial charge in [0.25, 0.3) is 5.89 Å². The van der Waals surface area contributed by atoms with E-state index in [9.17, 15) is 21.6 Å². The number of alkyl halides is 2. The largest absolute Gasteiger partial charge is 0.415 e. The smallest absolute Gasteiger partial charge is 0.314 e. The third-order valence-corrected chi connectivity index (χ3v) is 5.88. The molecule has 2 heterocycles. The van der Waals surface area contributed by atoms with Gasteiger partial charge in [-0.25, -0.2) is 12.8 Å². The zero-order valence-corrected chi connectivity index (χ0v) is 16.3. The molecule has 0 aliphatic carbocycles. The van der Waals surface area contributed by atoms with Crippen LogP contribution in [0.4, 0.5) is 18.9 Å². The standard InChI is InChI=1S/C18H17F3N4O3S/c1-3-29(26,27)25(14-6-7-15(19)11(2)8-14)10-13-5-4-12(9-22-13)17-23-24-18(28-17)16(20)21/h4-9,16H,3,10H2,1-2H3. The molecule has 0 atom stereocenters. The molecule has 1 aromatic carbocycles. The summed E-state index contributed by atoms with van der Waals surface area (Å²) in [5.74, 6) is -1.50. The highest BCUT2D eigenvalue weighted by Gasteiger charge is 2.23. The first-order valence-electron chi connectivity index (χ1n) is 8.54. The Kier molecular flexibility index (Phi) is 5.87. The minimum Gasteiger partial charge on any atom is -0.415 e. The zero-order valence-electron chi connectivity index (χ0n) is 15.5. The van der Waals surface area contributed by atoms with Crippen molar-refractivity contribution < 1.29 is 26.0 Å². The molecule has 0 saturated heterocycles. The molecule has 3 rings (SSSR count). The highest BCUT2D eigenvalue weighted by atomic mass is 32.2. The van der Waals surface area contributed by atoms with Crippen molar-refractivity contribution in [3.05, 3.63) is 59.5 Å². The van der Waals surface area contributed by atoms with E-state index >= 15 is 0 Å². The van der Waals surface area contributed by atoms with Crippen molar-refractivity contribution in [1.29, 1.82) is 0 Å². The average Bonchev–Trinajstić information content (AvgIpc) is 3.19. The van der Waals surface area contributed by atoms with Gasteiger partial charge in [0.1, 0.15) is 5.82 Å². The molecule has 0 unspecified atom stereocenters. The molecule has 2 aromatic heterocycles. The molecule has 11 heteroatoms. The maximum absolute atomic E-state index is 13.6. The molecular formula is C18H17F3N4O3S. The molecule has 0 aliphatic rings. The summed E-state index contributed by atoms with van der Waals surface area (Å²) in [7, 11) is -3.66. The van der Waals surface area contributed by atoms with Crippen molar-refractivity contribution in [1.82, 2.24) is 15.2 Å². The minimum atomic E-state index is -3.66. The van der Waals surface area contributed by atoms with Crippen molar-refractivity contribution >= 4 is 15.7 Å². The molecule has 0 saturated carbocycles. The lowest BCUT2D eigenvalue weighted by Crippen LogP contribution is -2.32. The summed E-state index contributed by atoms with van der Waals surface area (Å²) in [6.07, 6.45) is -1.56. The topological polar surface area (TPSA) is 89.2 Å². The number of hydrogen-bond donors (Lipinski definition) is 0. The van der Waals surface area contributed by atoms with Crippen molar-refractivity contribution in [2.75, 3.05) is 10.1 Å². The molecule has 0 amide bonds. The molecule has 154 valence electrons. The first-order chi connectivity index (χ1) is 13.7. The van der Waals surface area contributed by atoms with Gasteiger partial charge in [-0.3, -0.25) is 9.29 Å². The predicted octanol–water partition coefficient (Wildman–Crippen LogP) is 3.87. The molecule has 0 fully saturated rings. The Bertz CT molecular complexity index is 1100. The highest BCUT2D eigenvalue weighted by molar-refractivity contribution is 7.92. The summed E-state index contributed by atoms with van der Waals surface area (Å²) < 4.78 is 69.8. The van der Waals surface area contributed by atoms with Gasteiger partial charge < -0.3 is 4.42 Å². The fourth-order valence-electron chi connectivity index (χ4n) is 2.52. The number of pyridine rings is 1. The number of halogens is 3. The number of aryl methyl sites for hydroxylation is 1. The Balaban J connectivity index is 1.88. The maximum atomic E-state index is 13.6. The molecule has 0 bridgehead atoms. The first-order valence-corrected chi connectivity index (χ1v) is 10.2. The lowest BCUT2D eigenvalue weighted by Gasteiger charge is -2.24. The van der Waals surface area contributed by atoms with E-state index in [2.05, 4.69) is 15.2 Å². The molecule has 0 radical (unpaired) electrons. The Morgan fingerprint density at radius 3 is 2.48 bits per heavy atom. The van der Waals surface area contributed by atoms with Crippen molar-refractivity contribution in [3.8, 4) is 11.5 Å². The third kappa shape index (κ3) is 4.56. The van der Waals surface area contributed by atoms with E-state index in [0.717, 1.165) is 4.31 Å². The van der Waals surface area contributed by atoms with Gasteiger partial charge in [-0.2, -0.15) is 8.78 Å². The Hall–Kier alpha value is -2.95. The van der Waals surface area contributed by atoms with E-state index in [-0.39, 0.29) is 18.2 Å². The average molecular weight is 426 g/mol. The van der Waals surface area contributed by atoms with E-state index in [1.807, 2.05) is 0 Å². The summed E-state index contributed by atoms with van der Waals surface area (Å²) >= 11 is 0. The molecule has 29 heavy (non-hydrogen) atoms. The van der Waals surface area contributed by atoms with Crippen LogP contribution in [0.5, 0.6) is 0 Å². The number of aromatic nitrogens is 3. The van der Waals surface area contributed by atoms with E-state index in [1.165, 1.54) is 43.5 Å². The van der Waals surface area contributed by atoms with Crippen LogP contribution in [0.2, 0.25) is 0 Å². The summed E-state index contributed by atoms with van der Waals surface area (Å²) in [6, 6.07) is 7.07. The van der Waals surface area contributed by atoms with Gasteiger partial charge in [0.05, 0.1) is 29.2 Å². The van der Waals surface area contributed by atoms with Crippen LogP contribution in [-0.4, -0.2) is 29.4 Å². The van der Waals surface area contributed by atoms with Crippen LogP contribution in [0, 0.1) is 12.7 Å². The SMILES string of the molecule is CCS(=O)(=O)N(Cc1ccc(-c2nnc(C(F)F)o2)cn1)c1ccc(F)c(C)c1. The number of hydrogen-bond acceptors (Lipinski definition) is 6. The molecule has 0 spiro atoms. The summed E-state index contributed by atoms with van der Waals surface area (Å²) in [4.78, 5) is 4.17. The lowest BCUT2D eigenvalue weighted by atomic mass is 10.2. The first kappa shape index (κ1) is 20.8. The normalized spacial score (nSPS) is 11.8. The van der Waals surface area contributed by atoms with Gasteiger partial charge in [0.15, 0.2) is 0 Å². The minimum absolute atomic E-state index is 0.0896. The monoisotopic (exact) mass is 426 g/mol. The van der Waals surface area contributed by atoms with Gasteiger partial charge in [0.2, 0.25) is 15.9 Å². The number of anilines is 1. The predicted molar refractivity (Wildman–Crippen MR) is 99.3 cm³/mol. The molecule has 3 aromatic rings.